The maximum Gasteiger partial charge on any atom is 0.0947 e. The fourth-order valence-corrected chi connectivity index (χ4v) is 4.21. The number of hydrogen-bond acceptors (Lipinski definition) is 5. The summed E-state index contributed by atoms with van der Waals surface area (Å²) in [5.41, 5.74) is 2.31. The predicted molar refractivity (Wildman–Crippen MR) is 93.9 cm³/mol. The molecule has 0 N–H and O–H groups in total. The molecule has 0 radical (unpaired) electrons. The molecular formula is C20H26N2O3. The van der Waals surface area contributed by atoms with Crippen LogP contribution >= 0.6 is 0 Å². The lowest BCUT2D eigenvalue weighted by molar-refractivity contribution is -0.156. The average molecular weight is 342 g/mol. The first-order valence-electron chi connectivity index (χ1n) is 9.17. The third kappa shape index (κ3) is 3.94. The van der Waals surface area contributed by atoms with E-state index in [9.17, 15) is 0 Å². The summed E-state index contributed by atoms with van der Waals surface area (Å²) < 4.78 is 17.5. The number of aromatic nitrogens is 1. The van der Waals surface area contributed by atoms with Crippen LogP contribution in [0.1, 0.15) is 30.5 Å². The highest BCUT2D eigenvalue weighted by Gasteiger charge is 2.46. The van der Waals surface area contributed by atoms with E-state index in [1.807, 2.05) is 36.7 Å². The Balaban J connectivity index is 1.40. The van der Waals surface area contributed by atoms with Crippen LogP contribution in [0.25, 0.3) is 0 Å². The SMILES string of the molecule is c1ccc(COC[C@]23CCCO[C@@H]2CCN(Cc2ccoc2)C3)nc1. The lowest BCUT2D eigenvalue weighted by Gasteiger charge is -2.50. The van der Waals surface area contributed by atoms with E-state index >= 15 is 0 Å². The molecule has 5 nitrogen and oxygen atoms in total. The lowest BCUT2D eigenvalue weighted by atomic mass is 9.73. The molecule has 2 fully saturated rings. The van der Waals surface area contributed by atoms with Gasteiger partial charge in [-0.2, -0.15) is 0 Å². The maximum atomic E-state index is 6.13. The summed E-state index contributed by atoms with van der Waals surface area (Å²) in [7, 11) is 0. The van der Waals surface area contributed by atoms with Crippen molar-refractivity contribution in [2.75, 3.05) is 26.3 Å². The molecule has 4 rings (SSSR count). The van der Waals surface area contributed by atoms with Crippen molar-refractivity contribution in [3.05, 3.63) is 54.2 Å². The van der Waals surface area contributed by atoms with Gasteiger partial charge in [0.15, 0.2) is 0 Å². The molecule has 0 spiro atoms. The van der Waals surface area contributed by atoms with Crippen LogP contribution in [0, 0.1) is 5.41 Å². The van der Waals surface area contributed by atoms with Gasteiger partial charge in [0.2, 0.25) is 0 Å². The van der Waals surface area contributed by atoms with E-state index in [4.69, 9.17) is 13.9 Å². The van der Waals surface area contributed by atoms with E-state index in [0.717, 1.165) is 51.4 Å². The Bertz CT molecular complexity index is 646. The summed E-state index contributed by atoms with van der Waals surface area (Å²) in [6.45, 7) is 5.20. The molecule has 2 aliphatic rings. The molecule has 0 unspecified atom stereocenters. The fourth-order valence-electron chi connectivity index (χ4n) is 4.21. The zero-order chi connectivity index (χ0) is 17.0. The van der Waals surface area contributed by atoms with E-state index in [1.54, 1.807) is 6.26 Å². The first-order chi connectivity index (χ1) is 12.3. The molecule has 0 saturated carbocycles. The standard InChI is InChI=1S/C20H26N2O3/c1-2-8-21-18(4-1)14-24-16-20-7-3-10-25-19(20)5-9-22(15-20)12-17-6-11-23-13-17/h1-2,4,6,8,11,13,19H,3,5,7,9-10,12,14-16H2/t19-,20-/m1/s1. The number of ether oxygens (including phenoxy) is 2. The van der Waals surface area contributed by atoms with Crippen LogP contribution in [-0.4, -0.2) is 42.3 Å². The van der Waals surface area contributed by atoms with Crippen LogP contribution in [0.2, 0.25) is 0 Å². The second kappa shape index (κ2) is 7.68. The van der Waals surface area contributed by atoms with E-state index in [1.165, 1.54) is 12.0 Å². The quantitative estimate of drug-likeness (QED) is 0.806. The third-order valence-corrected chi connectivity index (χ3v) is 5.42. The first-order valence-corrected chi connectivity index (χ1v) is 9.17. The maximum absolute atomic E-state index is 6.13. The van der Waals surface area contributed by atoms with Gasteiger partial charge < -0.3 is 13.9 Å². The Morgan fingerprint density at radius 2 is 2.32 bits per heavy atom. The van der Waals surface area contributed by atoms with Crippen molar-refractivity contribution < 1.29 is 13.9 Å². The summed E-state index contributed by atoms with van der Waals surface area (Å²) in [5.74, 6) is 0. The van der Waals surface area contributed by atoms with Crippen LogP contribution in [0.3, 0.4) is 0 Å². The van der Waals surface area contributed by atoms with E-state index in [0.29, 0.717) is 12.7 Å². The van der Waals surface area contributed by atoms with Gasteiger partial charge in [0, 0.05) is 43.4 Å². The molecule has 2 atom stereocenters. The van der Waals surface area contributed by atoms with Crippen molar-refractivity contribution in [2.45, 2.75) is 38.5 Å². The lowest BCUT2D eigenvalue weighted by Crippen LogP contribution is -2.56. The number of furan rings is 1. The summed E-state index contributed by atoms with van der Waals surface area (Å²) in [4.78, 5) is 6.86. The summed E-state index contributed by atoms with van der Waals surface area (Å²) >= 11 is 0. The summed E-state index contributed by atoms with van der Waals surface area (Å²) in [6, 6.07) is 8.00. The highest BCUT2D eigenvalue weighted by Crippen LogP contribution is 2.41. The van der Waals surface area contributed by atoms with Gasteiger partial charge in [-0.05, 0) is 37.5 Å². The minimum Gasteiger partial charge on any atom is -0.472 e. The minimum absolute atomic E-state index is 0.0923. The Morgan fingerprint density at radius 3 is 3.16 bits per heavy atom. The molecule has 0 amide bonds. The van der Waals surface area contributed by atoms with E-state index < -0.39 is 0 Å². The second-order valence-corrected chi connectivity index (χ2v) is 7.27. The molecule has 4 heterocycles. The number of fused-ring (bicyclic) bond motifs is 1. The fraction of sp³-hybridized carbons (Fsp3) is 0.550. The molecule has 2 aromatic heterocycles. The number of likely N-dealkylation sites (tertiary alicyclic amines) is 1. The van der Waals surface area contributed by atoms with Gasteiger partial charge in [0.1, 0.15) is 0 Å². The van der Waals surface area contributed by atoms with Crippen LogP contribution in [0.5, 0.6) is 0 Å². The molecular weight excluding hydrogens is 316 g/mol. The topological polar surface area (TPSA) is 47.7 Å². The molecule has 0 bridgehead atoms. The average Bonchev–Trinajstić information content (AvgIpc) is 3.15. The second-order valence-electron chi connectivity index (χ2n) is 7.27. The molecule has 2 aliphatic heterocycles. The molecule has 25 heavy (non-hydrogen) atoms. The van der Waals surface area contributed by atoms with Gasteiger partial charge in [0.05, 0.1) is 37.5 Å². The number of pyridine rings is 1. The molecule has 5 heteroatoms. The number of nitrogens with zero attached hydrogens (tertiary/aromatic N) is 2. The predicted octanol–water partition coefficient (Wildman–Crippen LogP) is 3.26. The third-order valence-electron chi connectivity index (χ3n) is 5.42. The van der Waals surface area contributed by atoms with Gasteiger partial charge in [-0.1, -0.05) is 6.07 Å². The highest BCUT2D eigenvalue weighted by molar-refractivity contribution is 5.07. The van der Waals surface area contributed by atoms with Crippen LogP contribution in [0.4, 0.5) is 0 Å². The van der Waals surface area contributed by atoms with Gasteiger partial charge in [-0.3, -0.25) is 9.88 Å². The van der Waals surface area contributed by atoms with Gasteiger partial charge >= 0.3 is 0 Å². The van der Waals surface area contributed by atoms with Crippen LogP contribution in [0.15, 0.2) is 47.4 Å². The normalized spacial score (nSPS) is 27.1. The Labute approximate surface area is 148 Å². The highest BCUT2D eigenvalue weighted by atomic mass is 16.5. The van der Waals surface area contributed by atoms with Crippen LogP contribution < -0.4 is 0 Å². The first kappa shape index (κ1) is 16.8. The zero-order valence-corrected chi connectivity index (χ0v) is 14.6. The van der Waals surface area contributed by atoms with Crippen molar-refractivity contribution in [3.63, 3.8) is 0 Å². The number of hydrogen-bond donors (Lipinski definition) is 0. The molecule has 134 valence electrons. The Kier molecular flexibility index (Phi) is 5.15. The Morgan fingerprint density at radius 1 is 1.32 bits per heavy atom. The van der Waals surface area contributed by atoms with Crippen molar-refractivity contribution in [1.29, 1.82) is 0 Å². The molecule has 0 aromatic carbocycles. The molecule has 2 aromatic rings. The van der Waals surface area contributed by atoms with E-state index in [-0.39, 0.29) is 5.41 Å². The van der Waals surface area contributed by atoms with E-state index in [2.05, 4.69) is 9.88 Å². The van der Waals surface area contributed by atoms with Crippen molar-refractivity contribution in [3.8, 4) is 0 Å². The van der Waals surface area contributed by atoms with Gasteiger partial charge in [-0.25, -0.2) is 0 Å². The smallest absolute Gasteiger partial charge is 0.0947 e. The minimum atomic E-state index is 0.0923. The number of piperidine rings is 1. The molecule has 2 saturated heterocycles. The van der Waals surface area contributed by atoms with Gasteiger partial charge in [-0.15, -0.1) is 0 Å². The Hall–Kier alpha value is -1.69. The van der Waals surface area contributed by atoms with Crippen molar-refractivity contribution in [1.82, 2.24) is 9.88 Å². The van der Waals surface area contributed by atoms with Crippen LogP contribution in [-0.2, 0) is 22.6 Å². The summed E-state index contributed by atoms with van der Waals surface area (Å²) in [5, 5.41) is 0. The zero-order valence-electron chi connectivity index (χ0n) is 14.6. The van der Waals surface area contributed by atoms with Crippen molar-refractivity contribution >= 4 is 0 Å². The molecule has 0 aliphatic carbocycles. The van der Waals surface area contributed by atoms with Gasteiger partial charge in [0.25, 0.3) is 0 Å². The number of rotatable bonds is 6. The summed E-state index contributed by atoms with van der Waals surface area (Å²) in [6.07, 6.45) is 9.07. The largest absolute Gasteiger partial charge is 0.472 e. The monoisotopic (exact) mass is 342 g/mol. The van der Waals surface area contributed by atoms with Crippen molar-refractivity contribution in [2.24, 2.45) is 5.41 Å².